The van der Waals surface area contributed by atoms with Gasteiger partial charge in [-0.25, -0.2) is 0 Å². The maximum atomic E-state index is 6.70. The predicted octanol–water partition coefficient (Wildman–Crippen LogP) is 6.88. The van der Waals surface area contributed by atoms with Crippen LogP contribution in [0.4, 0.5) is 0 Å². The minimum atomic E-state index is 0.981. The summed E-state index contributed by atoms with van der Waals surface area (Å²) in [7, 11) is 4.25. The van der Waals surface area contributed by atoms with E-state index in [4.69, 9.17) is 4.42 Å². The Hall–Kier alpha value is -3.72. The summed E-state index contributed by atoms with van der Waals surface area (Å²) in [6.45, 7) is 0. The SMILES string of the molecule is Cn1c2ccccc2c2c3oc4c(ccc5c4c4ccccc4n5C)c3ccc21. The van der Waals surface area contributed by atoms with E-state index < -0.39 is 0 Å². The molecule has 0 saturated carbocycles. The molecular weight excluding hydrogens is 356 g/mol. The third-order valence-corrected chi connectivity index (χ3v) is 6.56. The monoisotopic (exact) mass is 374 g/mol. The molecule has 0 saturated heterocycles. The van der Waals surface area contributed by atoms with Crippen molar-refractivity contribution in [3.63, 3.8) is 0 Å². The average molecular weight is 374 g/mol. The van der Waals surface area contributed by atoms with Gasteiger partial charge in [0.05, 0.1) is 21.8 Å². The molecule has 0 aliphatic rings. The van der Waals surface area contributed by atoms with Gasteiger partial charge in [0.1, 0.15) is 11.2 Å². The van der Waals surface area contributed by atoms with E-state index in [1.165, 1.54) is 54.4 Å². The van der Waals surface area contributed by atoms with E-state index in [9.17, 15) is 0 Å². The summed E-state index contributed by atoms with van der Waals surface area (Å²) in [6, 6.07) is 26.0. The van der Waals surface area contributed by atoms with Crippen LogP contribution < -0.4 is 0 Å². The highest BCUT2D eigenvalue weighted by molar-refractivity contribution is 6.28. The van der Waals surface area contributed by atoms with Gasteiger partial charge in [-0.1, -0.05) is 36.4 Å². The first-order valence-corrected chi connectivity index (χ1v) is 9.92. The van der Waals surface area contributed by atoms with Crippen molar-refractivity contribution in [3.8, 4) is 0 Å². The molecule has 0 atom stereocenters. The van der Waals surface area contributed by atoms with Gasteiger partial charge >= 0.3 is 0 Å². The van der Waals surface area contributed by atoms with Crippen molar-refractivity contribution < 1.29 is 4.42 Å². The number of para-hydroxylation sites is 2. The molecular formula is C26H18N2O. The zero-order valence-corrected chi connectivity index (χ0v) is 16.2. The van der Waals surface area contributed by atoms with Gasteiger partial charge in [0.25, 0.3) is 0 Å². The van der Waals surface area contributed by atoms with E-state index in [2.05, 4.69) is 96.0 Å². The Morgan fingerprint density at radius 2 is 0.931 bits per heavy atom. The fourth-order valence-corrected chi connectivity index (χ4v) is 5.18. The molecule has 0 N–H and O–H groups in total. The van der Waals surface area contributed by atoms with E-state index in [-0.39, 0.29) is 0 Å². The molecule has 0 fully saturated rings. The lowest BCUT2D eigenvalue weighted by atomic mass is 10.1. The lowest BCUT2D eigenvalue weighted by Crippen LogP contribution is -1.85. The van der Waals surface area contributed by atoms with Crippen LogP contribution in [0.2, 0.25) is 0 Å². The lowest BCUT2D eigenvalue weighted by molar-refractivity contribution is 0.677. The Labute approximate surface area is 166 Å². The second kappa shape index (κ2) is 5.00. The summed E-state index contributed by atoms with van der Waals surface area (Å²) < 4.78 is 11.2. The van der Waals surface area contributed by atoms with Crippen LogP contribution >= 0.6 is 0 Å². The quantitative estimate of drug-likeness (QED) is 0.284. The Bertz CT molecular complexity index is 1640. The molecule has 138 valence electrons. The number of hydrogen-bond donors (Lipinski definition) is 0. The normalized spacial score (nSPS) is 12.5. The molecule has 3 aromatic heterocycles. The van der Waals surface area contributed by atoms with E-state index in [0.717, 1.165) is 11.2 Å². The van der Waals surface area contributed by atoms with Crippen molar-refractivity contribution in [2.24, 2.45) is 14.1 Å². The van der Waals surface area contributed by atoms with Crippen LogP contribution in [-0.2, 0) is 14.1 Å². The van der Waals surface area contributed by atoms with E-state index in [1.807, 2.05) is 0 Å². The molecule has 3 heterocycles. The molecule has 7 aromatic rings. The van der Waals surface area contributed by atoms with Crippen LogP contribution in [0, 0.1) is 0 Å². The molecule has 0 radical (unpaired) electrons. The first kappa shape index (κ1) is 15.2. The molecule has 0 bridgehead atoms. The summed E-state index contributed by atoms with van der Waals surface area (Å²) in [5, 5.41) is 7.24. The molecule has 3 nitrogen and oxygen atoms in total. The van der Waals surface area contributed by atoms with Crippen LogP contribution in [0.3, 0.4) is 0 Å². The van der Waals surface area contributed by atoms with Crippen molar-refractivity contribution in [1.82, 2.24) is 9.13 Å². The first-order valence-electron chi connectivity index (χ1n) is 9.92. The number of benzene rings is 4. The number of aryl methyl sites for hydroxylation is 2. The lowest BCUT2D eigenvalue weighted by Gasteiger charge is -1.97. The number of furan rings is 1. The fourth-order valence-electron chi connectivity index (χ4n) is 5.18. The number of rotatable bonds is 0. The summed E-state index contributed by atoms with van der Waals surface area (Å²) in [5.74, 6) is 0. The summed E-state index contributed by atoms with van der Waals surface area (Å²) in [6.07, 6.45) is 0. The number of aromatic nitrogens is 2. The van der Waals surface area contributed by atoms with Gasteiger partial charge in [-0.2, -0.15) is 0 Å². The van der Waals surface area contributed by atoms with Gasteiger partial charge < -0.3 is 13.6 Å². The Morgan fingerprint density at radius 3 is 1.41 bits per heavy atom. The van der Waals surface area contributed by atoms with Crippen LogP contribution in [-0.4, -0.2) is 9.13 Å². The zero-order valence-electron chi connectivity index (χ0n) is 16.2. The van der Waals surface area contributed by atoms with E-state index >= 15 is 0 Å². The summed E-state index contributed by atoms with van der Waals surface area (Å²) in [5.41, 5.74) is 6.82. The third-order valence-electron chi connectivity index (χ3n) is 6.56. The Morgan fingerprint density at radius 1 is 0.483 bits per heavy atom. The Balaban J connectivity index is 1.79. The molecule has 7 rings (SSSR count). The van der Waals surface area contributed by atoms with Crippen molar-refractivity contribution in [2.75, 3.05) is 0 Å². The average Bonchev–Trinajstić information content (AvgIpc) is 3.38. The maximum absolute atomic E-state index is 6.70. The van der Waals surface area contributed by atoms with Crippen molar-refractivity contribution in [3.05, 3.63) is 72.8 Å². The molecule has 0 spiro atoms. The van der Waals surface area contributed by atoms with Crippen LogP contribution in [0.15, 0.2) is 77.2 Å². The highest BCUT2D eigenvalue weighted by Crippen LogP contribution is 2.42. The summed E-state index contributed by atoms with van der Waals surface area (Å²) >= 11 is 0. The smallest absolute Gasteiger partial charge is 0.145 e. The molecule has 0 aliphatic carbocycles. The van der Waals surface area contributed by atoms with Crippen LogP contribution in [0.1, 0.15) is 0 Å². The highest BCUT2D eigenvalue weighted by Gasteiger charge is 2.19. The van der Waals surface area contributed by atoms with Gasteiger partial charge in [0.2, 0.25) is 0 Å². The second-order valence-electron chi connectivity index (χ2n) is 7.93. The van der Waals surface area contributed by atoms with E-state index in [1.54, 1.807) is 0 Å². The predicted molar refractivity (Wildman–Crippen MR) is 122 cm³/mol. The Kier molecular flexibility index (Phi) is 2.63. The first-order chi connectivity index (χ1) is 14.2. The minimum Gasteiger partial charge on any atom is -0.455 e. The maximum Gasteiger partial charge on any atom is 0.145 e. The topological polar surface area (TPSA) is 23.0 Å². The standard InChI is InChI=1S/C26H18N2O/c1-27-19-9-5-3-7-17(19)23-21(27)13-11-15-16-12-14-22-24(26(16)29-25(15)23)18-8-4-6-10-20(18)28(22)2/h3-14H,1-2H3. The van der Waals surface area contributed by atoms with Crippen LogP contribution in [0.25, 0.3) is 65.6 Å². The van der Waals surface area contributed by atoms with Crippen molar-refractivity contribution >= 4 is 65.6 Å². The van der Waals surface area contributed by atoms with Gasteiger partial charge in [-0.3, -0.25) is 0 Å². The molecule has 0 amide bonds. The number of fused-ring (bicyclic) bond motifs is 11. The van der Waals surface area contributed by atoms with Crippen molar-refractivity contribution in [1.29, 1.82) is 0 Å². The van der Waals surface area contributed by atoms with Crippen molar-refractivity contribution in [2.45, 2.75) is 0 Å². The second-order valence-corrected chi connectivity index (χ2v) is 7.93. The number of hydrogen-bond acceptors (Lipinski definition) is 1. The minimum absolute atomic E-state index is 0.981. The van der Waals surface area contributed by atoms with Gasteiger partial charge in [-0.15, -0.1) is 0 Å². The molecule has 29 heavy (non-hydrogen) atoms. The third kappa shape index (κ3) is 1.70. The molecule has 0 aliphatic heterocycles. The van der Waals surface area contributed by atoms with Gasteiger partial charge in [0.15, 0.2) is 0 Å². The van der Waals surface area contributed by atoms with Gasteiger partial charge in [0, 0.05) is 46.7 Å². The van der Waals surface area contributed by atoms with Gasteiger partial charge in [-0.05, 0) is 36.4 Å². The summed E-state index contributed by atoms with van der Waals surface area (Å²) in [4.78, 5) is 0. The zero-order chi connectivity index (χ0) is 19.3. The van der Waals surface area contributed by atoms with Crippen LogP contribution in [0.5, 0.6) is 0 Å². The van der Waals surface area contributed by atoms with E-state index in [0.29, 0.717) is 0 Å². The molecule has 3 heteroatoms. The largest absolute Gasteiger partial charge is 0.455 e. The highest BCUT2D eigenvalue weighted by atomic mass is 16.3. The molecule has 4 aromatic carbocycles. The number of nitrogens with zero attached hydrogens (tertiary/aromatic N) is 2. The fraction of sp³-hybridized carbons (Fsp3) is 0.0769. The molecule has 0 unspecified atom stereocenters.